The summed E-state index contributed by atoms with van der Waals surface area (Å²) in [6, 6.07) is 17.8. The summed E-state index contributed by atoms with van der Waals surface area (Å²) in [6.45, 7) is 0.315. The number of carbonyl (C=O) groups is 2. The largest absolute Gasteiger partial charge is 0.493 e. The quantitative estimate of drug-likeness (QED) is 0.221. The van der Waals surface area contributed by atoms with E-state index in [9.17, 15) is 9.59 Å². The van der Waals surface area contributed by atoms with Gasteiger partial charge in [-0.15, -0.1) is 0 Å². The molecule has 0 unspecified atom stereocenters. The van der Waals surface area contributed by atoms with Gasteiger partial charge in [-0.2, -0.15) is 0 Å². The molecular formula is C27H22BrClN2O5S. The van der Waals surface area contributed by atoms with Gasteiger partial charge in [-0.1, -0.05) is 23.7 Å². The number of hydrogen-bond donors (Lipinski definition) is 0. The van der Waals surface area contributed by atoms with E-state index >= 15 is 0 Å². The summed E-state index contributed by atoms with van der Waals surface area (Å²) in [4.78, 5) is 31.1. The fourth-order valence-corrected chi connectivity index (χ4v) is 5.22. The lowest BCUT2D eigenvalue weighted by molar-refractivity contribution is -0.121. The molecule has 0 radical (unpaired) electrons. The summed E-state index contributed by atoms with van der Waals surface area (Å²) in [5.41, 5.74) is 2.72. The molecule has 3 aromatic rings. The van der Waals surface area contributed by atoms with E-state index in [0.29, 0.717) is 48.9 Å². The molecule has 0 saturated carbocycles. The zero-order valence-electron chi connectivity index (χ0n) is 20.2. The Morgan fingerprint density at radius 1 is 1.14 bits per heavy atom. The average molecular weight is 602 g/mol. The first-order valence-corrected chi connectivity index (χ1v) is 13.0. The van der Waals surface area contributed by atoms with Crippen molar-refractivity contribution in [3.05, 3.63) is 91.8 Å². The maximum atomic E-state index is 12.9. The molecule has 3 aromatic carbocycles. The van der Waals surface area contributed by atoms with E-state index in [-0.39, 0.29) is 5.91 Å². The lowest BCUT2D eigenvalue weighted by atomic mass is 10.1. The van der Waals surface area contributed by atoms with Crippen molar-refractivity contribution in [2.75, 3.05) is 21.3 Å². The number of ether oxygens (including phenoxy) is 3. The number of amidine groups is 1. The van der Waals surface area contributed by atoms with Gasteiger partial charge >= 0.3 is 5.97 Å². The summed E-state index contributed by atoms with van der Waals surface area (Å²) >= 11 is 10.9. The number of thioether (sulfide) groups is 1. The van der Waals surface area contributed by atoms with Gasteiger partial charge in [0.1, 0.15) is 6.61 Å². The van der Waals surface area contributed by atoms with Crippen LogP contribution in [0.2, 0.25) is 5.02 Å². The molecule has 1 aliphatic rings. The molecule has 190 valence electrons. The van der Waals surface area contributed by atoms with Crippen molar-refractivity contribution < 1.29 is 23.8 Å². The number of halogens is 2. The molecular weight excluding hydrogens is 580 g/mol. The van der Waals surface area contributed by atoms with Crippen molar-refractivity contribution >= 4 is 68.1 Å². The number of likely N-dealkylation sites (N-methyl/N-ethyl adjacent to an activating group) is 1. The zero-order valence-corrected chi connectivity index (χ0v) is 23.3. The normalized spacial score (nSPS) is 15.4. The molecule has 1 heterocycles. The minimum absolute atomic E-state index is 0.175. The topological polar surface area (TPSA) is 77.4 Å². The Hall–Kier alpha value is -3.27. The fourth-order valence-electron chi connectivity index (χ4n) is 3.45. The van der Waals surface area contributed by atoms with Crippen LogP contribution in [0.1, 0.15) is 21.5 Å². The minimum atomic E-state index is -0.422. The Balaban J connectivity index is 1.54. The van der Waals surface area contributed by atoms with Crippen LogP contribution >= 0.6 is 39.3 Å². The Bertz CT molecular complexity index is 1410. The maximum absolute atomic E-state index is 12.9. The Morgan fingerprint density at radius 2 is 1.89 bits per heavy atom. The Kier molecular flexibility index (Phi) is 8.58. The van der Waals surface area contributed by atoms with Gasteiger partial charge in [-0.3, -0.25) is 9.69 Å². The van der Waals surface area contributed by atoms with E-state index in [0.717, 1.165) is 11.1 Å². The molecule has 0 bridgehead atoms. The van der Waals surface area contributed by atoms with E-state index < -0.39 is 5.97 Å². The Morgan fingerprint density at radius 3 is 2.57 bits per heavy atom. The van der Waals surface area contributed by atoms with E-state index in [1.807, 2.05) is 24.3 Å². The van der Waals surface area contributed by atoms with Crippen molar-refractivity contribution in [3.8, 4) is 11.5 Å². The number of methoxy groups -OCH3 is 2. The van der Waals surface area contributed by atoms with Crippen LogP contribution in [0.4, 0.5) is 5.69 Å². The van der Waals surface area contributed by atoms with Crippen LogP contribution < -0.4 is 9.47 Å². The summed E-state index contributed by atoms with van der Waals surface area (Å²) < 4.78 is 17.0. The second kappa shape index (κ2) is 11.9. The summed E-state index contributed by atoms with van der Waals surface area (Å²) in [5.74, 6) is 0.470. The van der Waals surface area contributed by atoms with Crippen molar-refractivity contribution in [2.24, 2.45) is 4.99 Å². The van der Waals surface area contributed by atoms with Crippen molar-refractivity contribution in [1.82, 2.24) is 4.90 Å². The number of aliphatic imine (C=N–C) groups is 1. The average Bonchev–Trinajstić information content (AvgIpc) is 3.15. The molecule has 1 amide bonds. The van der Waals surface area contributed by atoms with Crippen LogP contribution in [0.15, 0.2) is 75.0 Å². The predicted molar refractivity (Wildman–Crippen MR) is 150 cm³/mol. The van der Waals surface area contributed by atoms with Crippen LogP contribution in [0.25, 0.3) is 6.08 Å². The standard InChI is InChI=1S/C27H22BrClN2O5S/c1-31-25(32)23(37-27(31)30-20-9-7-18(8-10-20)26(33)35-3)14-17-12-21(28)24(22(13-17)34-2)36-15-16-5-4-6-19(29)11-16/h4-14H,15H2,1-3H3. The zero-order chi connectivity index (χ0) is 26.5. The second-order valence-electron chi connectivity index (χ2n) is 7.86. The highest BCUT2D eigenvalue weighted by molar-refractivity contribution is 9.10. The lowest BCUT2D eigenvalue weighted by Crippen LogP contribution is -2.23. The predicted octanol–water partition coefficient (Wildman–Crippen LogP) is 6.71. The molecule has 0 N–H and O–H groups in total. The van der Waals surface area contributed by atoms with Crippen molar-refractivity contribution in [2.45, 2.75) is 6.61 Å². The van der Waals surface area contributed by atoms with Gasteiger partial charge in [0.15, 0.2) is 16.7 Å². The molecule has 0 spiro atoms. The molecule has 4 rings (SSSR count). The first-order valence-electron chi connectivity index (χ1n) is 11.0. The van der Waals surface area contributed by atoms with Gasteiger partial charge in [0.05, 0.1) is 34.8 Å². The molecule has 0 aromatic heterocycles. The summed E-state index contributed by atoms with van der Waals surface area (Å²) in [7, 11) is 4.56. The minimum Gasteiger partial charge on any atom is -0.493 e. The van der Waals surface area contributed by atoms with Gasteiger partial charge in [-0.25, -0.2) is 9.79 Å². The first kappa shape index (κ1) is 26.8. The van der Waals surface area contributed by atoms with Gasteiger partial charge in [-0.05, 0) is 93.4 Å². The fraction of sp³-hybridized carbons (Fsp3) is 0.148. The van der Waals surface area contributed by atoms with Gasteiger partial charge in [0.25, 0.3) is 5.91 Å². The SMILES string of the molecule is COC(=O)c1ccc(N=C2SC(=Cc3cc(Br)c(OCc4cccc(Cl)c4)c(OC)c3)C(=O)N2C)cc1. The van der Waals surface area contributed by atoms with Gasteiger partial charge < -0.3 is 14.2 Å². The van der Waals surface area contributed by atoms with Crippen LogP contribution in [0.3, 0.4) is 0 Å². The highest BCUT2D eigenvalue weighted by atomic mass is 79.9. The smallest absolute Gasteiger partial charge is 0.337 e. The number of carbonyl (C=O) groups excluding carboxylic acids is 2. The number of nitrogens with zero attached hydrogens (tertiary/aromatic N) is 2. The molecule has 7 nitrogen and oxygen atoms in total. The maximum Gasteiger partial charge on any atom is 0.337 e. The highest BCUT2D eigenvalue weighted by Gasteiger charge is 2.30. The molecule has 1 saturated heterocycles. The third kappa shape index (κ3) is 6.36. The molecule has 10 heteroatoms. The molecule has 1 aliphatic heterocycles. The number of esters is 1. The molecule has 1 fully saturated rings. The summed E-state index contributed by atoms with van der Waals surface area (Å²) in [6.07, 6.45) is 1.78. The van der Waals surface area contributed by atoms with Crippen molar-refractivity contribution in [3.63, 3.8) is 0 Å². The van der Waals surface area contributed by atoms with E-state index in [1.165, 1.54) is 23.8 Å². The third-order valence-electron chi connectivity index (χ3n) is 5.34. The van der Waals surface area contributed by atoms with Crippen LogP contribution in [-0.2, 0) is 16.1 Å². The molecule has 37 heavy (non-hydrogen) atoms. The van der Waals surface area contributed by atoms with Crippen molar-refractivity contribution in [1.29, 1.82) is 0 Å². The van der Waals surface area contributed by atoms with Gasteiger partial charge in [0, 0.05) is 12.1 Å². The lowest BCUT2D eigenvalue weighted by Gasteiger charge is -2.14. The Labute approximate surface area is 232 Å². The number of hydrogen-bond acceptors (Lipinski definition) is 7. The van der Waals surface area contributed by atoms with Crippen LogP contribution in [0, 0.1) is 0 Å². The van der Waals surface area contributed by atoms with Gasteiger partial charge in [0.2, 0.25) is 0 Å². The summed E-state index contributed by atoms with van der Waals surface area (Å²) in [5, 5.41) is 1.16. The van der Waals surface area contributed by atoms with E-state index in [4.69, 9.17) is 25.8 Å². The first-order chi connectivity index (χ1) is 17.8. The number of benzene rings is 3. The highest BCUT2D eigenvalue weighted by Crippen LogP contribution is 2.39. The monoisotopic (exact) mass is 600 g/mol. The molecule has 0 atom stereocenters. The van der Waals surface area contributed by atoms with E-state index in [2.05, 4.69) is 20.9 Å². The number of amides is 1. The van der Waals surface area contributed by atoms with Crippen LogP contribution in [0.5, 0.6) is 11.5 Å². The second-order valence-corrected chi connectivity index (χ2v) is 10.2. The third-order valence-corrected chi connectivity index (χ3v) is 7.22. The van der Waals surface area contributed by atoms with Crippen LogP contribution in [-0.4, -0.2) is 43.2 Å². The number of rotatable bonds is 7. The molecule has 0 aliphatic carbocycles. The van der Waals surface area contributed by atoms with E-state index in [1.54, 1.807) is 56.6 Å².